The molecule has 2 rings (SSSR count). The molecule has 0 N–H and O–H groups in total. The zero-order valence-electron chi connectivity index (χ0n) is 8.84. The number of methoxy groups -OCH3 is 1. The van der Waals surface area contributed by atoms with Crippen LogP contribution >= 0.6 is 11.3 Å². The van der Waals surface area contributed by atoms with Crippen molar-refractivity contribution < 1.29 is 9.53 Å². The van der Waals surface area contributed by atoms with Crippen LogP contribution in [0, 0.1) is 0 Å². The van der Waals surface area contributed by atoms with Crippen LogP contribution in [0.5, 0.6) is 5.75 Å². The van der Waals surface area contributed by atoms with E-state index in [9.17, 15) is 4.79 Å². The van der Waals surface area contributed by atoms with Gasteiger partial charge >= 0.3 is 0 Å². The van der Waals surface area contributed by atoms with Crippen LogP contribution in [0.2, 0.25) is 0 Å². The van der Waals surface area contributed by atoms with Gasteiger partial charge in [0.2, 0.25) is 0 Å². The molecule has 1 aromatic carbocycles. The van der Waals surface area contributed by atoms with Crippen LogP contribution in [0.15, 0.2) is 30.5 Å². The average molecular weight is 233 g/mol. The van der Waals surface area contributed by atoms with E-state index in [2.05, 4.69) is 4.98 Å². The topological polar surface area (TPSA) is 39.2 Å². The molecule has 0 fully saturated rings. The maximum absolute atomic E-state index is 10.4. The summed E-state index contributed by atoms with van der Waals surface area (Å²) in [5.41, 5.74) is 1.04. The SMILES string of the molecule is COc1ccc(-c2ncc(CC=O)s2)cc1. The van der Waals surface area contributed by atoms with E-state index in [0.717, 1.165) is 27.5 Å². The first-order chi connectivity index (χ1) is 7.83. The highest BCUT2D eigenvalue weighted by molar-refractivity contribution is 7.15. The van der Waals surface area contributed by atoms with Crippen LogP contribution in [-0.4, -0.2) is 18.4 Å². The van der Waals surface area contributed by atoms with Gasteiger partial charge in [-0.3, -0.25) is 0 Å². The number of nitrogens with zero attached hydrogens (tertiary/aromatic N) is 1. The second-order valence-corrected chi connectivity index (χ2v) is 4.35. The van der Waals surface area contributed by atoms with Crippen LogP contribution in [0.4, 0.5) is 0 Å². The predicted molar refractivity (Wildman–Crippen MR) is 63.9 cm³/mol. The van der Waals surface area contributed by atoms with Gasteiger partial charge < -0.3 is 9.53 Å². The Hall–Kier alpha value is -1.68. The Bertz CT molecular complexity index is 476. The third-order valence-electron chi connectivity index (χ3n) is 2.18. The lowest BCUT2D eigenvalue weighted by molar-refractivity contribution is -0.107. The van der Waals surface area contributed by atoms with Crippen molar-refractivity contribution in [3.8, 4) is 16.3 Å². The van der Waals surface area contributed by atoms with Crippen molar-refractivity contribution in [2.45, 2.75) is 6.42 Å². The van der Waals surface area contributed by atoms with Gasteiger partial charge in [0.25, 0.3) is 0 Å². The van der Waals surface area contributed by atoms with Crippen molar-refractivity contribution in [2.75, 3.05) is 7.11 Å². The van der Waals surface area contributed by atoms with Crippen molar-refractivity contribution in [1.82, 2.24) is 4.98 Å². The van der Waals surface area contributed by atoms with Crippen LogP contribution < -0.4 is 4.74 Å². The molecular weight excluding hydrogens is 222 g/mol. The highest BCUT2D eigenvalue weighted by Gasteiger charge is 2.04. The summed E-state index contributed by atoms with van der Waals surface area (Å²) in [7, 11) is 1.64. The number of carbonyl (C=O) groups excluding carboxylic acids is 1. The maximum atomic E-state index is 10.4. The molecule has 0 saturated heterocycles. The summed E-state index contributed by atoms with van der Waals surface area (Å²) in [6.45, 7) is 0. The Labute approximate surface area is 97.7 Å². The molecule has 0 aliphatic heterocycles. The van der Waals surface area contributed by atoms with E-state index in [-0.39, 0.29) is 0 Å². The van der Waals surface area contributed by atoms with Crippen LogP contribution in [0.25, 0.3) is 10.6 Å². The Balaban J connectivity index is 2.24. The quantitative estimate of drug-likeness (QED) is 0.762. The lowest BCUT2D eigenvalue weighted by Crippen LogP contribution is -1.81. The maximum Gasteiger partial charge on any atom is 0.125 e. The van der Waals surface area contributed by atoms with Gasteiger partial charge in [0.15, 0.2) is 0 Å². The summed E-state index contributed by atoms with van der Waals surface area (Å²) in [5, 5.41) is 0.930. The molecule has 0 atom stereocenters. The van der Waals surface area contributed by atoms with Crippen LogP contribution in [0.1, 0.15) is 4.88 Å². The van der Waals surface area contributed by atoms with E-state index in [1.54, 1.807) is 24.6 Å². The number of aromatic nitrogens is 1. The summed E-state index contributed by atoms with van der Waals surface area (Å²) in [5.74, 6) is 0.827. The van der Waals surface area contributed by atoms with Gasteiger partial charge in [0, 0.05) is 23.1 Å². The standard InChI is InChI=1S/C12H11NO2S/c1-15-10-4-2-9(3-5-10)12-13-8-11(16-12)6-7-14/h2-5,7-8H,6H2,1H3. The van der Waals surface area contributed by atoms with Crippen LogP contribution in [0.3, 0.4) is 0 Å². The summed E-state index contributed by atoms with van der Waals surface area (Å²) in [6, 6.07) is 7.72. The molecule has 3 nitrogen and oxygen atoms in total. The molecule has 0 saturated carbocycles. The fourth-order valence-electron chi connectivity index (χ4n) is 1.35. The van der Waals surface area contributed by atoms with E-state index >= 15 is 0 Å². The number of carbonyl (C=O) groups is 1. The predicted octanol–water partition coefficient (Wildman–Crippen LogP) is 2.56. The Kier molecular flexibility index (Phi) is 3.31. The molecule has 82 valence electrons. The minimum Gasteiger partial charge on any atom is -0.497 e. The van der Waals surface area contributed by atoms with E-state index in [1.165, 1.54) is 0 Å². The van der Waals surface area contributed by atoms with Gasteiger partial charge in [-0.05, 0) is 24.3 Å². The Morgan fingerprint density at radius 1 is 1.38 bits per heavy atom. The molecule has 0 aliphatic rings. The molecular formula is C12H11NO2S. The number of hydrogen-bond donors (Lipinski definition) is 0. The minimum atomic E-state index is 0.438. The van der Waals surface area contributed by atoms with Crippen molar-refractivity contribution in [3.05, 3.63) is 35.3 Å². The first kappa shape index (κ1) is 10.8. The number of thiazole rings is 1. The van der Waals surface area contributed by atoms with E-state index in [1.807, 2.05) is 24.3 Å². The molecule has 0 radical (unpaired) electrons. The third kappa shape index (κ3) is 2.28. The van der Waals surface area contributed by atoms with Gasteiger partial charge in [-0.2, -0.15) is 0 Å². The number of ether oxygens (including phenoxy) is 1. The summed E-state index contributed by atoms with van der Waals surface area (Å²) < 4.78 is 5.09. The van der Waals surface area contributed by atoms with Gasteiger partial charge in [-0.1, -0.05) is 0 Å². The Morgan fingerprint density at radius 2 is 2.12 bits per heavy atom. The van der Waals surface area contributed by atoms with Crippen molar-refractivity contribution in [3.63, 3.8) is 0 Å². The molecule has 0 aliphatic carbocycles. The fraction of sp³-hybridized carbons (Fsp3) is 0.167. The number of hydrogen-bond acceptors (Lipinski definition) is 4. The van der Waals surface area contributed by atoms with E-state index in [4.69, 9.17) is 4.74 Å². The van der Waals surface area contributed by atoms with Crippen molar-refractivity contribution in [2.24, 2.45) is 0 Å². The lowest BCUT2D eigenvalue weighted by atomic mass is 10.2. The number of benzene rings is 1. The lowest BCUT2D eigenvalue weighted by Gasteiger charge is -1.99. The van der Waals surface area contributed by atoms with Crippen LogP contribution in [-0.2, 0) is 11.2 Å². The van der Waals surface area contributed by atoms with Gasteiger partial charge in [0.1, 0.15) is 17.0 Å². The molecule has 1 heterocycles. The molecule has 16 heavy (non-hydrogen) atoms. The van der Waals surface area contributed by atoms with Gasteiger partial charge in [-0.25, -0.2) is 4.98 Å². The number of aldehydes is 1. The molecule has 2 aromatic rings. The van der Waals surface area contributed by atoms with Crippen molar-refractivity contribution in [1.29, 1.82) is 0 Å². The highest BCUT2D eigenvalue weighted by Crippen LogP contribution is 2.26. The van der Waals surface area contributed by atoms with Gasteiger partial charge in [-0.15, -0.1) is 11.3 Å². The van der Waals surface area contributed by atoms with E-state index < -0.39 is 0 Å². The zero-order valence-corrected chi connectivity index (χ0v) is 9.66. The summed E-state index contributed by atoms with van der Waals surface area (Å²) in [6.07, 6.45) is 3.08. The monoisotopic (exact) mass is 233 g/mol. The first-order valence-electron chi connectivity index (χ1n) is 4.86. The van der Waals surface area contributed by atoms with Gasteiger partial charge in [0.05, 0.1) is 7.11 Å². The minimum absolute atomic E-state index is 0.438. The average Bonchev–Trinajstić information content (AvgIpc) is 2.78. The fourth-order valence-corrected chi connectivity index (χ4v) is 2.22. The third-order valence-corrected chi connectivity index (χ3v) is 3.24. The summed E-state index contributed by atoms with van der Waals surface area (Å²) >= 11 is 1.54. The second kappa shape index (κ2) is 4.90. The first-order valence-corrected chi connectivity index (χ1v) is 5.68. The highest BCUT2D eigenvalue weighted by atomic mass is 32.1. The molecule has 4 heteroatoms. The van der Waals surface area contributed by atoms with Crippen molar-refractivity contribution >= 4 is 17.6 Å². The van der Waals surface area contributed by atoms with E-state index in [0.29, 0.717) is 6.42 Å². The molecule has 0 unspecified atom stereocenters. The molecule has 0 spiro atoms. The Morgan fingerprint density at radius 3 is 2.75 bits per heavy atom. The summed E-state index contributed by atoms with van der Waals surface area (Å²) in [4.78, 5) is 15.6. The largest absolute Gasteiger partial charge is 0.497 e. The normalized spacial score (nSPS) is 10.1. The zero-order chi connectivity index (χ0) is 11.4. The molecule has 0 bridgehead atoms. The molecule has 0 amide bonds. The molecule has 1 aromatic heterocycles. The number of rotatable bonds is 4. The second-order valence-electron chi connectivity index (χ2n) is 3.23. The smallest absolute Gasteiger partial charge is 0.125 e.